The van der Waals surface area contributed by atoms with Gasteiger partial charge in [0, 0.05) is 16.1 Å². The summed E-state index contributed by atoms with van der Waals surface area (Å²) in [7, 11) is 0. The first-order valence-corrected chi connectivity index (χ1v) is 6.99. The summed E-state index contributed by atoms with van der Waals surface area (Å²) in [5.74, 6) is 0.540. The predicted octanol–water partition coefficient (Wildman–Crippen LogP) is 4.03. The molecule has 0 amide bonds. The van der Waals surface area contributed by atoms with Crippen LogP contribution in [0.25, 0.3) is 0 Å². The molecule has 0 heterocycles. The molecule has 0 aliphatic rings. The third-order valence-electron chi connectivity index (χ3n) is 2.56. The summed E-state index contributed by atoms with van der Waals surface area (Å²) in [5, 5.41) is 3.23. The van der Waals surface area contributed by atoms with Gasteiger partial charge in [0.15, 0.2) is 0 Å². The number of hydrogen-bond donors (Lipinski definition) is 1. The predicted molar refractivity (Wildman–Crippen MR) is 73.7 cm³/mol. The molecular formula is C13H17BrF3NO2. The molecular weight excluding hydrogens is 339 g/mol. The molecule has 1 rings (SSSR count). The Hall–Kier alpha value is -0.790. The van der Waals surface area contributed by atoms with Gasteiger partial charge in [-0.2, -0.15) is 0 Å². The average molecular weight is 356 g/mol. The minimum Gasteiger partial charge on any atom is -0.491 e. The van der Waals surface area contributed by atoms with Crippen LogP contribution >= 0.6 is 15.9 Å². The van der Waals surface area contributed by atoms with Crippen LogP contribution in [0.2, 0.25) is 0 Å². The van der Waals surface area contributed by atoms with E-state index < -0.39 is 13.0 Å². The van der Waals surface area contributed by atoms with Gasteiger partial charge in [-0.15, -0.1) is 13.2 Å². The van der Waals surface area contributed by atoms with E-state index in [1.165, 1.54) is 0 Å². The van der Waals surface area contributed by atoms with Crippen molar-refractivity contribution in [3.05, 3.63) is 28.2 Å². The lowest BCUT2D eigenvalue weighted by molar-refractivity contribution is -0.325. The van der Waals surface area contributed by atoms with Gasteiger partial charge in [0.05, 0.1) is 6.61 Å². The Morgan fingerprint density at radius 3 is 2.60 bits per heavy atom. The number of hydrogen-bond acceptors (Lipinski definition) is 3. The normalized spacial score (nSPS) is 13.3. The maximum atomic E-state index is 11.9. The van der Waals surface area contributed by atoms with Crippen LogP contribution in [0.5, 0.6) is 5.75 Å². The molecule has 1 atom stereocenters. The van der Waals surface area contributed by atoms with Gasteiger partial charge in [0.25, 0.3) is 0 Å². The molecule has 0 bridgehead atoms. The van der Waals surface area contributed by atoms with Crippen LogP contribution in [0.3, 0.4) is 0 Å². The maximum absolute atomic E-state index is 11.9. The molecule has 1 N–H and O–H groups in total. The Morgan fingerprint density at radius 1 is 1.30 bits per heavy atom. The molecule has 1 aromatic rings. The molecule has 0 aromatic heterocycles. The first kappa shape index (κ1) is 17.3. The average Bonchev–Trinajstić information content (AvgIpc) is 2.34. The fourth-order valence-corrected chi connectivity index (χ4v) is 2.06. The van der Waals surface area contributed by atoms with E-state index in [0.29, 0.717) is 5.75 Å². The van der Waals surface area contributed by atoms with E-state index in [0.717, 1.165) is 16.6 Å². The van der Waals surface area contributed by atoms with Gasteiger partial charge in [0.2, 0.25) is 0 Å². The summed E-state index contributed by atoms with van der Waals surface area (Å²) in [5.41, 5.74) is 0.891. The van der Waals surface area contributed by atoms with Crippen LogP contribution in [0, 0.1) is 0 Å². The lowest BCUT2D eigenvalue weighted by Gasteiger charge is -2.18. The number of alkyl halides is 3. The van der Waals surface area contributed by atoms with Gasteiger partial charge in [0.1, 0.15) is 12.4 Å². The summed E-state index contributed by atoms with van der Waals surface area (Å²) < 4.78 is 45.4. The molecule has 3 nitrogen and oxygen atoms in total. The van der Waals surface area contributed by atoms with Gasteiger partial charge < -0.3 is 10.1 Å². The van der Waals surface area contributed by atoms with E-state index in [2.05, 4.69) is 26.0 Å². The number of ether oxygens (including phenoxy) is 2. The van der Waals surface area contributed by atoms with Crippen molar-refractivity contribution in [2.24, 2.45) is 0 Å². The fourth-order valence-electron chi connectivity index (χ4n) is 1.72. The first-order valence-electron chi connectivity index (χ1n) is 6.19. The van der Waals surface area contributed by atoms with Crippen molar-refractivity contribution in [2.75, 3.05) is 19.8 Å². The van der Waals surface area contributed by atoms with Crippen molar-refractivity contribution in [2.45, 2.75) is 26.3 Å². The monoisotopic (exact) mass is 355 g/mol. The second-order valence-corrected chi connectivity index (χ2v) is 5.02. The summed E-state index contributed by atoms with van der Waals surface area (Å²) in [6, 6.07) is 5.52. The van der Waals surface area contributed by atoms with Crippen molar-refractivity contribution in [3.8, 4) is 5.75 Å². The van der Waals surface area contributed by atoms with Crippen molar-refractivity contribution < 1.29 is 22.6 Å². The Labute approximate surface area is 124 Å². The number of halogens is 4. The molecule has 0 aliphatic heterocycles. The van der Waals surface area contributed by atoms with Crippen molar-refractivity contribution in [1.82, 2.24) is 5.32 Å². The number of benzene rings is 1. The fraction of sp³-hybridized carbons (Fsp3) is 0.538. The van der Waals surface area contributed by atoms with Gasteiger partial charge in [-0.25, -0.2) is 0 Å². The second-order valence-electron chi connectivity index (χ2n) is 4.10. The van der Waals surface area contributed by atoms with E-state index in [1.807, 2.05) is 26.0 Å². The highest BCUT2D eigenvalue weighted by molar-refractivity contribution is 9.10. The van der Waals surface area contributed by atoms with E-state index >= 15 is 0 Å². The number of nitrogens with one attached hydrogen (secondary N) is 1. The van der Waals surface area contributed by atoms with Gasteiger partial charge in [-0.05, 0) is 25.6 Å². The molecule has 20 heavy (non-hydrogen) atoms. The van der Waals surface area contributed by atoms with Crippen LogP contribution in [0.15, 0.2) is 22.7 Å². The molecule has 1 aromatic carbocycles. The van der Waals surface area contributed by atoms with Gasteiger partial charge in [-0.1, -0.05) is 28.9 Å². The topological polar surface area (TPSA) is 30.5 Å². The molecule has 0 saturated heterocycles. The highest BCUT2D eigenvalue weighted by Gasteiger charge is 2.28. The Kier molecular flexibility index (Phi) is 6.78. The highest BCUT2D eigenvalue weighted by atomic mass is 79.9. The zero-order valence-electron chi connectivity index (χ0n) is 11.3. The quantitative estimate of drug-likeness (QED) is 0.749. The zero-order valence-corrected chi connectivity index (χ0v) is 12.8. The minimum absolute atomic E-state index is 0.0478. The van der Waals surface area contributed by atoms with E-state index in [9.17, 15) is 13.2 Å². The van der Waals surface area contributed by atoms with Crippen LogP contribution in [0.1, 0.15) is 25.5 Å². The molecule has 0 fully saturated rings. The standard InChI is InChI=1S/C13H17BrF3NO2/c1-3-18-9(2)11-5-4-10(14)8-12(11)19-6-7-20-13(15,16)17/h4-5,8-9,18H,3,6-7H2,1-2H3. The van der Waals surface area contributed by atoms with Crippen LogP contribution in [0.4, 0.5) is 13.2 Å². The van der Waals surface area contributed by atoms with Crippen LogP contribution in [-0.4, -0.2) is 26.1 Å². The SMILES string of the molecule is CCNC(C)c1ccc(Br)cc1OCCOC(F)(F)F. The maximum Gasteiger partial charge on any atom is 0.522 e. The minimum atomic E-state index is -4.62. The Morgan fingerprint density at radius 2 is 2.00 bits per heavy atom. The smallest absolute Gasteiger partial charge is 0.491 e. The molecule has 0 saturated carbocycles. The molecule has 0 aliphatic carbocycles. The summed E-state index contributed by atoms with van der Waals surface area (Å²) in [4.78, 5) is 0. The molecule has 7 heteroatoms. The third-order valence-corrected chi connectivity index (χ3v) is 3.05. The number of rotatable bonds is 7. The summed E-state index contributed by atoms with van der Waals surface area (Å²) in [6.45, 7) is 4.03. The molecule has 114 valence electrons. The molecule has 0 spiro atoms. The van der Waals surface area contributed by atoms with Gasteiger partial charge >= 0.3 is 6.36 Å². The Balaban J connectivity index is 2.65. The summed E-state index contributed by atoms with van der Waals surface area (Å²) in [6.07, 6.45) is -4.62. The molecule has 0 radical (unpaired) electrons. The highest BCUT2D eigenvalue weighted by Crippen LogP contribution is 2.28. The van der Waals surface area contributed by atoms with E-state index in [1.54, 1.807) is 6.07 Å². The lowest BCUT2D eigenvalue weighted by Crippen LogP contribution is -2.20. The largest absolute Gasteiger partial charge is 0.522 e. The second kappa shape index (κ2) is 7.85. The summed E-state index contributed by atoms with van der Waals surface area (Å²) >= 11 is 3.31. The van der Waals surface area contributed by atoms with Crippen LogP contribution in [-0.2, 0) is 4.74 Å². The van der Waals surface area contributed by atoms with Gasteiger partial charge in [-0.3, -0.25) is 4.74 Å². The van der Waals surface area contributed by atoms with Crippen molar-refractivity contribution in [3.63, 3.8) is 0 Å². The third kappa shape index (κ3) is 6.11. The van der Waals surface area contributed by atoms with Crippen LogP contribution < -0.4 is 10.1 Å². The first-order chi connectivity index (χ1) is 9.33. The van der Waals surface area contributed by atoms with Crippen molar-refractivity contribution >= 4 is 15.9 Å². The van der Waals surface area contributed by atoms with E-state index in [4.69, 9.17) is 4.74 Å². The lowest BCUT2D eigenvalue weighted by atomic mass is 10.1. The zero-order chi connectivity index (χ0) is 15.2. The van der Waals surface area contributed by atoms with E-state index in [-0.39, 0.29) is 12.6 Å². The van der Waals surface area contributed by atoms with Crippen molar-refractivity contribution in [1.29, 1.82) is 0 Å². The Bertz CT molecular complexity index is 427. The molecule has 1 unspecified atom stereocenters.